The molecule has 0 radical (unpaired) electrons. The van der Waals surface area contributed by atoms with Crippen molar-refractivity contribution in [1.82, 2.24) is 0 Å². The van der Waals surface area contributed by atoms with E-state index in [1.807, 2.05) is 61.5 Å². The summed E-state index contributed by atoms with van der Waals surface area (Å²) >= 11 is 0. The Bertz CT molecular complexity index is 809. The van der Waals surface area contributed by atoms with Gasteiger partial charge in [0.05, 0.1) is 12.5 Å². The molecule has 0 heterocycles. The first-order chi connectivity index (χ1) is 11.7. The minimum atomic E-state index is -0.403. The normalized spacial score (nSPS) is 10.5. The summed E-state index contributed by atoms with van der Waals surface area (Å²) in [7, 11) is 0. The van der Waals surface area contributed by atoms with Crippen molar-refractivity contribution in [2.45, 2.75) is 13.3 Å². The molecule has 2 aromatic rings. The maximum absolute atomic E-state index is 12.8. The van der Waals surface area contributed by atoms with Crippen molar-refractivity contribution in [1.29, 1.82) is 10.5 Å². The van der Waals surface area contributed by atoms with Crippen LogP contribution in [0, 0.1) is 29.6 Å². The van der Waals surface area contributed by atoms with Crippen molar-refractivity contribution < 1.29 is 4.79 Å². The summed E-state index contributed by atoms with van der Waals surface area (Å²) in [5.74, 6) is -0.403. The quantitative estimate of drug-likeness (QED) is 0.621. The van der Waals surface area contributed by atoms with Crippen LogP contribution >= 0.6 is 0 Å². The van der Waals surface area contributed by atoms with E-state index in [-0.39, 0.29) is 18.5 Å². The Morgan fingerprint density at radius 3 is 2.33 bits per heavy atom. The second-order valence-electron chi connectivity index (χ2n) is 5.28. The molecule has 4 nitrogen and oxygen atoms in total. The number of carbonyl (C=O) groups excluding carboxylic acids is 1. The lowest BCUT2D eigenvalue weighted by molar-refractivity contribution is -0.114. The van der Waals surface area contributed by atoms with Crippen molar-refractivity contribution in [3.63, 3.8) is 0 Å². The molecule has 0 saturated carbocycles. The Balaban J connectivity index is 2.34. The molecule has 0 N–H and O–H groups in total. The third kappa shape index (κ3) is 4.32. The van der Waals surface area contributed by atoms with E-state index in [0.717, 1.165) is 11.1 Å². The number of para-hydroxylation sites is 1. The maximum atomic E-state index is 12.8. The van der Waals surface area contributed by atoms with E-state index in [1.54, 1.807) is 18.2 Å². The summed E-state index contributed by atoms with van der Waals surface area (Å²) in [4.78, 5) is 14.2. The highest BCUT2D eigenvalue weighted by molar-refractivity contribution is 6.11. The molecule has 0 aliphatic carbocycles. The SMILES string of the molecule is Cc1ccc(/C=C(/C#N)C(=O)N(CCC#N)c2ccccc2)cc1. The lowest BCUT2D eigenvalue weighted by Crippen LogP contribution is -2.32. The Labute approximate surface area is 141 Å². The molecule has 0 saturated heterocycles. The molecule has 0 fully saturated rings. The van der Waals surface area contributed by atoms with Gasteiger partial charge in [-0.15, -0.1) is 0 Å². The third-order valence-corrected chi connectivity index (χ3v) is 3.50. The Morgan fingerprint density at radius 1 is 1.08 bits per heavy atom. The highest BCUT2D eigenvalue weighted by atomic mass is 16.2. The summed E-state index contributed by atoms with van der Waals surface area (Å²) in [6.45, 7) is 2.22. The van der Waals surface area contributed by atoms with Crippen molar-refractivity contribution in [2.75, 3.05) is 11.4 Å². The third-order valence-electron chi connectivity index (χ3n) is 3.50. The van der Waals surface area contributed by atoms with Crippen LogP contribution in [0.25, 0.3) is 6.08 Å². The fourth-order valence-corrected chi connectivity index (χ4v) is 2.23. The van der Waals surface area contributed by atoms with E-state index < -0.39 is 5.91 Å². The minimum absolute atomic E-state index is 0.0423. The van der Waals surface area contributed by atoms with Crippen molar-refractivity contribution in [3.05, 3.63) is 71.3 Å². The highest BCUT2D eigenvalue weighted by Gasteiger charge is 2.19. The molecule has 2 aromatic carbocycles. The van der Waals surface area contributed by atoms with Gasteiger partial charge in [0.2, 0.25) is 0 Å². The average molecular weight is 315 g/mol. The fourth-order valence-electron chi connectivity index (χ4n) is 2.23. The van der Waals surface area contributed by atoms with Gasteiger partial charge in [-0.1, -0.05) is 48.0 Å². The smallest absolute Gasteiger partial charge is 0.268 e. The second kappa shape index (κ2) is 8.31. The summed E-state index contributed by atoms with van der Waals surface area (Å²) in [5.41, 5.74) is 2.61. The fraction of sp³-hybridized carbons (Fsp3) is 0.150. The van der Waals surface area contributed by atoms with Crippen molar-refractivity contribution in [2.24, 2.45) is 0 Å². The molecule has 0 atom stereocenters. The number of hydrogen-bond donors (Lipinski definition) is 0. The molecule has 118 valence electrons. The number of nitriles is 2. The number of amides is 1. The first kappa shape index (κ1) is 17.0. The van der Waals surface area contributed by atoms with E-state index in [4.69, 9.17) is 5.26 Å². The Kier molecular flexibility index (Phi) is 5.88. The molecule has 0 unspecified atom stereocenters. The van der Waals surface area contributed by atoms with Gasteiger partial charge >= 0.3 is 0 Å². The standard InChI is InChI=1S/C20H17N3O/c1-16-8-10-17(11-9-16)14-18(15-22)20(24)23(13-5-12-21)19-6-3-2-4-7-19/h2-4,6-11,14H,5,13H2,1H3/b18-14-. The number of aryl methyl sites for hydroxylation is 1. The number of carbonyl (C=O) groups is 1. The molecular formula is C20H17N3O. The van der Waals surface area contributed by atoms with Crippen LogP contribution in [0.1, 0.15) is 17.5 Å². The summed E-state index contributed by atoms with van der Waals surface area (Å²) in [5, 5.41) is 18.2. The first-order valence-corrected chi connectivity index (χ1v) is 7.58. The van der Waals surface area contributed by atoms with Crippen molar-refractivity contribution >= 4 is 17.7 Å². The Morgan fingerprint density at radius 2 is 1.75 bits per heavy atom. The highest BCUT2D eigenvalue weighted by Crippen LogP contribution is 2.18. The molecular weight excluding hydrogens is 298 g/mol. The summed E-state index contributed by atoms with van der Waals surface area (Å²) in [6, 6.07) is 20.7. The monoisotopic (exact) mass is 315 g/mol. The van der Waals surface area contributed by atoms with E-state index in [2.05, 4.69) is 0 Å². The van der Waals surface area contributed by atoms with E-state index in [9.17, 15) is 10.1 Å². The molecule has 24 heavy (non-hydrogen) atoms. The predicted octanol–water partition coefficient (Wildman–Crippen LogP) is 3.85. The molecule has 0 bridgehead atoms. The van der Waals surface area contributed by atoms with Gasteiger partial charge in [-0.25, -0.2) is 0 Å². The van der Waals surface area contributed by atoms with Gasteiger partial charge in [-0.2, -0.15) is 10.5 Å². The van der Waals surface area contributed by atoms with Crippen LogP contribution in [0.5, 0.6) is 0 Å². The summed E-state index contributed by atoms with van der Waals surface area (Å²) in [6.07, 6.45) is 1.77. The molecule has 1 amide bonds. The van der Waals surface area contributed by atoms with Gasteiger partial charge < -0.3 is 4.90 Å². The molecule has 0 spiro atoms. The second-order valence-corrected chi connectivity index (χ2v) is 5.28. The number of anilines is 1. The minimum Gasteiger partial charge on any atom is -0.307 e. The van der Waals surface area contributed by atoms with Gasteiger partial charge in [0.25, 0.3) is 5.91 Å². The van der Waals surface area contributed by atoms with Gasteiger partial charge in [0.1, 0.15) is 11.6 Å². The number of hydrogen-bond acceptors (Lipinski definition) is 3. The lowest BCUT2D eigenvalue weighted by Gasteiger charge is -2.21. The molecule has 0 aromatic heterocycles. The topological polar surface area (TPSA) is 67.9 Å². The number of rotatable bonds is 5. The largest absolute Gasteiger partial charge is 0.307 e. The van der Waals surface area contributed by atoms with E-state index >= 15 is 0 Å². The van der Waals surface area contributed by atoms with Gasteiger partial charge in [-0.05, 0) is 30.7 Å². The molecule has 4 heteroatoms. The maximum Gasteiger partial charge on any atom is 0.268 e. The molecule has 0 aliphatic rings. The van der Waals surface area contributed by atoms with Crippen LogP contribution in [-0.4, -0.2) is 12.5 Å². The van der Waals surface area contributed by atoms with Gasteiger partial charge in [-0.3, -0.25) is 4.79 Å². The van der Waals surface area contributed by atoms with Crippen LogP contribution in [0.15, 0.2) is 60.2 Å². The average Bonchev–Trinajstić information content (AvgIpc) is 2.62. The van der Waals surface area contributed by atoms with Crippen LogP contribution in [-0.2, 0) is 4.79 Å². The zero-order valence-corrected chi connectivity index (χ0v) is 13.4. The Hall–Kier alpha value is -3.37. The van der Waals surface area contributed by atoms with E-state index in [1.165, 1.54) is 4.90 Å². The van der Waals surface area contributed by atoms with Crippen LogP contribution in [0.3, 0.4) is 0 Å². The van der Waals surface area contributed by atoms with Crippen molar-refractivity contribution in [3.8, 4) is 12.1 Å². The van der Waals surface area contributed by atoms with Crippen LogP contribution in [0.2, 0.25) is 0 Å². The molecule has 0 aliphatic heterocycles. The first-order valence-electron chi connectivity index (χ1n) is 7.58. The van der Waals surface area contributed by atoms with Gasteiger partial charge in [0.15, 0.2) is 0 Å². The number of benzene rings is 2. The number of nitrogens with zero attached hydrogens (tertiary/aromatic N) is 3. The van der Waals surface area contributed by atoms with Crippen LogP contribution < -0.4 is 4.90 Å². The zero-order chi connectivity index (χ0) is 17.4. The van der Waals surface area contributed by atoms with Crippen LogP contribution in [0.4, 0.5) is 5.69 Å². The molecule has 2 rings (SSSR count). The van der Waals surface area contributed by atoms with Gasteiger partial charge in [0, 0.05) is 12.2 Å². The zero-order valence-electron chi connectivity index (χ0n) is 13.4. The summed E-state index contributed by atoms with van der Waals surface area (Å²) < 4.78 is 0. The predicted molar refractivity (Wildman–Crippen MR) is 93.8 cm³/mol. The lowest BCUT2D eigenvalue weighted by atomic mass is 10.1. The van der Waals surface area contributed by atoms with E-state index in [0.29, 0.717) is 5.69 Å².